The van der Waals surface area contributed by atoms with Crippen LogP contribution in [0.2, 0.25) is 0 Å². The van der Waals surface area contributed by atoms with Gasteiger partial charge in [-0.1, -0.05) is 183 Å². The average Bonchev–Trinajstić information content (AvgIpc) is 3.41. The molecule has 11 atom stereocenters. The molecule has 0 aromatic heterocycles. The molecular weight excluding hydrogens is 973 g/mol. The molecule has 2 rings (SSSR count). The van der Waals surface area contributed by atoms with Gasteiger partial charge in [0.1, 0.15) is 55.4 Å². The maximum atomic E-state index is 13.1. The van der Waals surface area contributed by atoms with Crippen LogP contribution < -0.4 is 0 Å². The van der Waals surface area contributed by atoms with Gasteiger partial charge in [0.15, 0.2) is 18.7 Å². The van der Waals surface area contributed by atoms with Crippen molar-refractivity contribution in [1.82, 2.24) is 0 Å². The largest absolute Gasteiger partial charge is 0.462 e. The molecule has 0 amide bonds. The number of unbranched alkanes of at least 4 members (excludes halogenated alkanes) is 20. The highest BCUT2D eigenvalue weighted by molar-refractivity contribution is 5.70. The zero-order valence-electron chi connectivity index (χ0n) is 46.7. The van der Waals surface area contributed by atoms with Crippen LogP contribution in [-0.2, 0) is 38.0 Å². The molecular formula is C61H104O15. The fourth-order valence-electron chi connectivity index (χ4n) is 8.89. The molecule has 0 spiro atoms. The van der Waals surface area contributed by atoms with Crippen LogP contribution in [-0.4, -0.2) is 142 Å². The van der Waals surface area contributed by atoms with Crippen LogP contribution in [0.1, 0.15) is 206 Å². The summed E-state index contributed by atoms with van der Waals surface area (Å²) in [5.74, 6) is -0.939. The maximum absolute atomic E-state index is 13.1. The zero-order chi connectivity index (χ0) is 55.3. The molecule has 0 bridgehead atoms. The Bertz CT molecular complexity index is 1590. The van der Waals surface area contributed by atoms with E-state index in [9.17, 15) is 45.3 Å². The monoisotopic (exact) mass is 1080 g/mol. The van der Waals surface area contributed by atoms with Gasteiger partial charge < -0.3 is 64.2 Å². The normalized spacial score (nSPS) is 24.9. The van der Waals surface area contributed by atoms with E-state index in [1.165, 1.54) is 77.0 Å². The van der Waals surface area contributed by atoms with Crippen molar-refractivity contribution in [1.29, 1.82) is 0 Å². The third kappa shape index (κ3) is 33.4. The van der Waals surface area contributed by atoms with Gasteiger partial charge in [-0.15, -0.1) is 0 Å². The Labute approximate surface area is 457 Å². The Morgan fingerprint density at radius 2 is 0.829 bits per heavy atom. The lowest BCUT2D eigenvalue weighted by molar-refractivity contribution is -0.332. The van der Waals surface area contributed by atoms with Gasteiger partial charge in [0, 0.05) is 12.8 Å². The first-order valence-corrected chi connectivity index (χ1v) is 29.5. The van der Waals surface area contributed by atoms with Gasteiger partial charge in [-0.25, -0.2) is 0 Å². The molecule has 0 radical (unpaired) electrons. The van der Waals surface area contributed by atoms with Crippen molar-refractivity contribution in [3.63, 3.8) is 0 Å². The summed E-state index contributed by atoms with van der Waals surface area (Å²) >= 11 is 0. The average molecular weight is 1080 g/mol. The van der Waals surface area contributed by atoms with E-state index in [2.05, 4.69) is 86.8 Å². The predicted molar refractivity (Wildman–Crippen MR) is 298 cm³/mol. The summed E-state index contributed by atoms with van der Waals surface area (Å²) in [6, 6.07) is 0. The second kappa shape index (κ2) is 46.8. The van der Waals surface area contributed by atoms with Crippen molar-refractivity contribution in [2.75, 3.05) is 26.4 Å². The number of aliphatic hydroxyl groups excluding tert-OH is 7. The first-order chi connectivity index (χ1) is 37.0. The van der Waals surface area contributed by atoms with Crippen molar-refractivity contribution in [3.05, 3.63) is 72.9 Å². The number of hydrogen-bond acceptors (Lipinski definition) is 15. The van der Waals surface area contributed by atoms with Crippen LogP contribution >= 0.6 is 0 Å². The summed E-state index contributed by atoms with van der Waals surface area (Å²) in [5, 5.41) is 72.3. The van der Waals surface area contributed by atoms with Gasteiger partial charge in [0.25, 0.3) is 0 Å². The van der Waals surface area contributed by atoms with E-state index >= 15 is 0 Å². The van der Waals surface area contributed by atoms with E-state index in [0.717, 1.165) is 89.9 Å². The number of hydrogen-bond donors (Lipinski definition) is 7. The first-order valence-electron chi connectivity index (χ1n) is 29.5. The van der Waals surface area contributed by atoms with Crippen LogP contribution in [0.3, 0.4) is 0 Å². The number of carbonyl (C=O) groups excluding carboxylic acids is 2. The molecule has 0 aliphatic carbocycles. The van der Waals surface area contributed by atoms with E-state index in [1.54, 1.807) is 0 Å². The van der Waals surface area contributed by atoms with Crippen molar-refractivity contribution in [2.45, 2.75) is 274 Å². The Hall–Kier alpha value is -3.06. The molecule has 0 aromatic carbocycles. The topological polar surface area (TPSA) is 231 Å². The third-order valence-corrected chi connectivity index (χ3v) is 13.7. The number of esters is 2. The minimum absolute atomic E-state index is 0.152. The van der Waals surface area contributed by atoms with Gasteiger partial charge in [-0.2, -0.15) is 0 Å². The van der Waals surface area contributed by atoms with Gasteiger partial charge >= 0.3 is 11.9 Å². The number of rotatable bonds is 46. The first kappa shape index (κ1) is 69.0. The van der Waals surface area contributed by atoms with E-state index in [1.807, 2.05) is 0 Å². The molecule has 11 unspecified atom stereocenters. The van der Waals surface area contributed by atoms with Crippen molar-refractivity contribution >= 4 is 11.9 Å². The fourth-order valence-corrected chi connectivity index (χ4v) is 8.89. The molecule has 7 N–H and O–H groups in total. The van der Waals surface area contributed by atoms with Gasteiger partial charge in [0.05, 0.1) is 19.8 Å². The van der Waals surface area contributed by atoms with Crippen molar-refractivity contribution < 1.29 is 73.8 Å². The summed E-state index contributed by atoms with van der Waals surface area (Å²) in [7, 11) is 0. The lowest BCUT2D eigenvalue weighted by Crippen LogP contribution is -2.61. The van der Waals surface area contributed by atoms with Crippen molar-refractivity contribution in [3.8, 4) is 0 Å². The Kier molecular flexibility index (Phi) is 42.5. The lowest BCUT2D eigenvalue weighted by atomic mass is 9.98. The molecule has 438 valence electrons. The van der Waals surface area contributed by atoms with Crippen LogP contribution in [0.15, 0.2) is 72.9 Å². The minimum atomic E-state index is -1.77. The van der Waals surface area contributed by atoms with Crippen LogP contribution in [0.25, 0.3) is 0 Å². The predicted octanol–water partition coefficient (Wildman–Crippen LogP) is 10.2. The highest BCUT2D eigenvalue weighted by atomic mass is 16.7. The molecule has 2 heterocycles. The standard InChI is InChI=1S/C61H104O15/c1-3-5-7-9-11-13-15-17-19-21-23-24-26-28-30-32-34-36-38-40-42-44-53(64)74-49(46-71-52(63)43-41-39-37-35-33-31-29-27-25-22-20-18-16-14-12-10-8-6-4-2)47-72-60-59(70)57(68)55(66)51(76-60)48-73-61-58(69)56(67)54(65)50(45-62)75-61/h5,7,11-14,17-20,23-24,49-51,54-62,65-70H,3-4,6,8-10,15-16,21-22,25-48H2,1-2H3/b7-5-,13-11-,14-12-,19-17-,20-18-,24-23-. The molecule has 2 aliphatic rings. The Morgan fingerprint density at radius 1 is 0.434 bits per heavy atom. The van der Waals surface area contributed by atoms with Gasteiger partial charge in [0.2, 0.25) is 0 Å². The van der Waals surface area contributed by atoms with E-state index in [-0.39, 0.29) is 26.1 Å². The van der Waals surface area contributed by atoms with Crippen LogP contribution in [0.5, 0.6) is 0 Å². The smallest absolute Gasteiger partial charge is 0.306 e. The number of carbonyl (C=O) groups is 2. The fraction of sp³-hybridized carbons (Fsp3) is 0.770. The molecule has 0 saturated carbocycles. The molecule has 2 saturated heterocycles. The van der Waals surface area contributed by atoms with E-state index in [0.29, 0.717) is 12.8 Å². The summed E-state index contributed by atoms with van der Waals surface area (Å²) in [6.45, 7) is 2.46. The summed E-state index contributed by atoms with van der Waals surface area (Å²) in [6.07, 6.45) is 40.5. The van der Waals surface area contributed by atoms with Crippen LogP contribution in [0.4, 0.5) is 0 Å². The SMILES string of the molecule is CC/C=C\C/C=C\C/C=C\C/C=C\CCCCCCCCCCC(=O)OC(COC(=O)CCCCCCCCCCC/C=C\C/C=C\CCCCC)COC1OC(COC2OC(CO)C(O)C(O)C2O)C(O)C(O)C1O. The highest BCUT2D eigenvalue weighted by Gasteiger charge is 2.47. The molecule has 2 aliphatic heterocycles. The summed E-state index contributed by atoms with van der Waals surface area (Å²) in [5.41, 5.74) is 0. The van der Waals surface area contributed by atoms with E-state index < -0.39 is 92.7 Å². The number of aliphatic hydroxyl groups is 7. The van der Waals surface area contributed by atoms with E-state index in [4.69, 9.17) is 28.4 Å². The Morgan fingerprint density at radius 3 is 1.30 bits per heavy atom. The molecule has 15 nitrogen and oxygen atoms in total. The van der Waals surface area contributed by atoms with Gasteiger partial charge in [-0.05, 0) is 83.5 Å². The molecule has 76 heavy (non-hydrogen) atoms. The maximum Gasteiger partial charge on any atom is 0.306 e. The lowest BCUT2D eigenvalue weighted by Gasteiger charge is -2.42. The van der Waals surface area contributed by atoms with Crippen molar-refractivity contribution in [2.24, 2.45) is 0 Å². The summed E-state index contributed by atoms with van der Waals surface area (Å²) in [4.78, 5) is 25.9. The molecule has 0 aromatic rings. The minimum Gasteiger partial charge on any atom is -0.462 e. The number of ether oxygens (including phenoxy) is 6. The summed E-state index contributed by atoms with van der Waals surface area (Å²) < 4.78 is 33.7. The highest BCUT2D eigenvalue weighted by Crippen LogP contribution is 2.27. The second-order valence-electron chi connectivity index (χ2n) is 20.4. The quantitative estimate of drug-likeness (QED) is 0.0171. The zero-order valence-corrected chi connectivity index (χ0v) is 46.7. The van der Waals surface area contributed by atoms with Crippen LogP contribution in [0, 0.1) is 0 Å². The number of allylic oxidation sites excluding steroid dienone is 12. The Balaban J connectivity index is 1.75. The molecule has 15 heteroatoms. The second-order valence-corrected chi connectivity index (χ2v) is 20.4. The third-order valence-electron chi connectivity index (χ3n) is 13.7. The molecule has 2 fully saturated rings. The van der Waals surface area contributed by atoms with Gasteiger partial charge in [-0.3, -0.25) is 9.59 Å².